The molecule has 2 aromatic carbocycles. The van der Waals surface area contributed by atoms with Crippen molar-refractivity contribution in [3.8, 4) is 0 Å². The van der Waals surface area contributed by atoms with E-state index in [1.807, 2.05) is 0 Å². The Morgan fingerprint density at radius 3 is 2.52 bits per heavy atom. The lowest BCUT2D eigenvalue weighted by molar-refractivity contribution is -0.387. The number of nitro groups is 1. The van der Waals surface area contributed by atoms with Crippen molar-refractivity contribution in [1.82, 2.24) is 0 Å². The van der Waals surface area contributed by atoms with E-state index in [1.165, 1.54) is 12.1 Å². The fourth-order valence-electron chi connectivity index (χ4n) is 1.58. The van der Waals surface area contributed by atoms with Gasteiger partial charge in [-0.25, -0.2) is 0 Å². The average Bonchev–Trinajstić information content (AvgIpc) is 2.42. The number of anilines is 1. The van der Waals surface area contributed by atoms with E-state index >= 15 is 0 Å². The van der Waals surface area contributed by atoms with Crippen LogP contribution in [0.4, 0.5) is 15.8 Å². The molecule has 0 unspecified atom stereocenters. The fourth-order valence-corrected chi connectivity index (χ4v) is 1.92. The SMILES string of the molecule is O=C(Nc1cc(Cl)ccc1Cl)c1ccc([N+](=O)[O-])c(F)c1. The van der Waals surface area contributed by atoms with Gasteiger partial charge in [0.05, 0.1) is 15.6 Å². The first-order valence-electron chi connectivity index (χ1n) is 5.59. The van der Waals surface area contributed by atoms with E-state index in [-0.39, 0.29) is 16.3 Å². The Morgan fingerprint density at radius 1 is 1.19 bits per heavy atom. The van der Waals surface area contributed by atoms with Gasteiger partial charge in [0.15, 0.2) is 0 Å². The molecule has 0 radical (unpaired) electrons. The molecule has 0 aliphatic carbocycles. The van der Waals surface area contributed by atoms with E-state index < -0.39 is 22.3 Å². The molecule has 0 heterocycles. The highest BCUT2D eigenvalue weighted by molar-refractivity contribution is 6.35. The number of hydrogen-bond acceptors (Lipinski definition) is 3. The van der Waals surface area contributed by atoms with Crippen molar-refractivity contribution in [1.29, 1.82) is 0 Å². The van der Waals surface area contributed by atoms with E-state index in [0.29, 0.717) is 5.02 Å². The summed E-state index contributed by atoms with van der Waals surface area (Å²) in [6, 6.07) is 7.33. The van der Waals surface area contributed by atoms with Gasteiger partial charge in [0.2, 0.25) is 5.82 Å². The molecule has 21 heavy (non-hydrogen) atoms. The average molecular weight is 329 g/mol. The van der Waals surface area contributed by atoms with Crippen LogP contribution in [0.3, 0.4) is 0 Å². The fraction of sp³-hybridized carbons (Fsp3) is 0. The smallest absolute Gasteiger partial charge is 0.304 e. The minimum absolute atomic E-state index is 0.0749. The van der Waals surface area contributed by atoms with Gasteiger partial charge < -0.3 is 5.32 Å². The van der Waals surface area contributed by atoms with Crippen molar-refractivity contribution < 1.29 is 14.1 Å². The lowest BCUT2D eigenvalue weighted by Crippen LogP contribution is -2.12. The van der Waals surface area contributed by atoms with Gasteiger partial charge in [-0.3, -0.25) is 14.9 Å². The van der Waals surface area contributed by atoms with E-state index in [2.05, 4.69) is 5.32 Å². The third-order valence-electron chi connectivity index (χ3n) is 2.58. The molecule has 0 saturated heterocycles. The van der Waals surface area contributed by atoms with Crippen molar-refractivity contribution >= 4 is 40.5 Å². The Balaban J connectivity index is 2.26. The zero-order chi connectivity index (χ0) is 15.6. The Morgan fingerprint density at radius 2 is 1.90 bits per heavy atom. The van der Waals surface area contributed by atoms with Gasteiger partial charge in [-0.2, -0.15) is 4.39 Å². The number of halogens is 3. The van der Waals surface area contributed by atoms with Gasteiger partial charge in [0.1, 0.15) is 0 Å². The van der Waals surface area contributed by atoms with Crippen LogP contribution in [0.2, 0.25) is 10.0 Å². The molecule has 8 heteroatoms. The quantitative estimate of drug-likeness (QED) is 0.674. The summed E-state index contributed by atoms with van der Waals surface area (Å²) in [7, 11) is 0. The predicted octanol–water partition coefficient (Wildman–Crippen LogP) is 4.29. The first-order valence-corrected chi connectivity index (χ1v) is 6.34. The maximum atomic E-state index is 13.5. The van der Waals surface area contributed by atoms with Crippen LogP contribution < -0.4 is 5.32 Å². The highest BCUT2D eigenvalue weighted by atomic mass is 35.5. The molecular formula is C13H7Cl2FN2O3. The molecule has 108 valence electrons. The maximum Gasteiger partial charge on any atom is 0.304 e. The molecule has 0 saturated carbocycles. The predicted molar refractivity (Wildman–Crippen MR) is 77.5 cm³/mol. The van der Waals surface area contributed by atoms with Crippen LogP contribution in [0.25, 0.3) is 0 Å². The third-order valence-corrected chi connectivity index (χ3v) is 3.15. The largest absolute Gasteiger partial charge is 0.321 e. The number of carbonyl (C=O) groups is 1. The molecule has 0 fully saturated rings. The molecule has 1 amide bonds. The zero-order valence-corrected chi connectivity index (χ0v) is 11.8. The van der Waals surface area contributed by atoms with Crippen LogP contribution in [0.15, 0.2) is 36.4 Å². The number of rotatable bonds is 3. The number of carbonyl (C=O) groups excluding carboxylic acids is 1. The molecular weight excluding hydrogens is 322 g/mol. The summed E-state index contributed by atoms with van der Waals surface area (Å²) in [5.41, 5.74) is -0.519. The summed E-state index contributed by atoms with van der Waals surface area (Å²) in [4.78, 5) is 21.6. The summed E-state index contributed by atoms with van der Waals surface area (Å²) in [5.74, 6) is -1.75. The van der Waals surface area contributed by atoms with Gasteiger partial charge >= 0.3 is 5.69 Å². The van der Waals surface area contributed by atoms with Crippen molar-refractivity contribution in [2.75, 3.05) is 5.32 Å². The zero-order valence-electron chi connectivity index (χ0n) is 10.3. The van der Waals surface area contributed by atoms with Crippen LogP contribution in [0.5, 0.6) is 0 Å². The van der Waals surface area contributed by atoms with E-state index in [0.717, 1.165) is 18.2 Å². The number of hydrogen-bond donors (Lipinski definition) is 1. The van der Waals surface area contributed by atoms with Gasteiger partial charge in [-0.15, -0.1) is 0 Å². The van der Waals surface area contributed by atoms with E-state index in [9.17, 15) is 19.3 Å². The van der Waals surface area contributed by atoms with Crippen LogP contribution in [0.1, 0.15) is 10.4 Å². The molecule has 5 nitrogen and oxygen atoms in total. The molecule has 1 N–H and O–H groups in total. The molecule has 2 rings (SSSR count). The summed E-state index contributed by atoms with van der Waals surface area (Å²) in [5, 5.41) is 13.6. The molecule has 0 spiro atoms. The van der Waals surface area contributed by atoms with Crippen LogP contribution >= 0.6 is 23.2 Å². The van der Waals surface area contributed by atoms with Crippen molar-refractivity contribution in [3.63, 3.8) is 0 Å². The minimum Gasteiger partial charge on any atom is -0.321 e. The molecule has 0 atom stereocenters. The Bertz CT molecular complexity index is 737. The minimum atomic E-state index is -1.09. The normalized spacial score (nSPS) is 10.2. The maximum absolute atomic E-state index is 13.5. The second-order valence-electron chi connectivity index (χ2n) is 4.00. The number of nitrogens with zero attached hydrogens (tertiary/aromatic N) is 1. The summed E-state index contributed by atoms with van der Waals surface area (Å²) in [6.45, 7) is 0. The molecule has 0 aromatic heterocycles. The Kier molecular flexibility index (Phi) is 4.40. The first-order chi connectivity index (χ1) is 9.88. The van der Waals surface area contributed by atoms with Crippen LogP contribution in [-0.2, 0) is 0 Å². The molecule has 0 bridgehead atoms. The summed E-state index contributed by atoms with van der Waals surface area (Å²) < 4.78 is 13.5. The second kappa shape index (κ2) is 6.07. The highest BCUT2D eigenvalue weighted by Crippen LogP contribution is 2.26. The number of amides is 1. The second-order valence-corrected chi connectivity index (χ2v) is 4.85. The van der Waals surface area contributed by atoms with Crippen molar-refractivity contribution in [2.24, 2.45) is 0 Å². The number of nitro benzene ring substituents is 1. The van der Waals surface area contributed by atoms with Crippen molar-refractivity contribution in [2.45, 2.75) is 0 Å². The molecule has 2 aromatic rings. The van der Waals surface area contributed by atoms with Gasteiger partial charge in [-0.05, 0) is 30.3 Å². The third kappa shape index (κ3) is 3.48. The van der Waals surface area contributed by atoms with Gasteiger partial charge in [-0.1, -0.05) is 23.2 Å². The van der Waals surface area contributed by atoms with E-state index in [1.54, 1.807) is 6.07 Å². The Labute approximate surface area is 128 Å². The summed E-state index contributed by atoms with van der Waals surface area (Å²) >= 11 is 11.7. The molecule has 0 aliphatic heterocycles. The Hall–Kier alpha value is -2.18. The van der Waals surface area contributed by atoms with Crippen LogP contribution in [-0.4, -0.2) is 10.8 Å². The van der Waals surface area contributed by atoms with Crippen molar-refractivity contribution in [3.05, 3.63) is 67.9 Å². The molecule has 0 aliphatic rings. The van der Waals surface area contributed by atoms with Gasteiger partial charge in [0.25, 0.3) is 5.91 Å². The first kappa shape index (κ1) is 15.2. The summed E-state index contributed by atoms with van der Waals surface area (Å²) in [6.07, 6.45) is 0. The number of benzene rings is 2. The lowest BCUT2D eigenvalue weighted by Gasteiger charge is -2.07. The standard InChI is InChI=1S/C13H7Cl2FN2O3/c14-8-2-3-9(15)11(6-8)17-13(19)7-1-4-12(18(20)21)10(16)5-7/h1-6H,(H,17,19). The van der Waals surface area contributed by atoms with Gasteiger partial charge in [0, 0.05) is 16.7 Å². The van der Waals surface area contributed by atoms with Crippen LogP contribution in [0, 0.1) is 15.9 Å². The lowest BCUT2D eigenvalue weighted by atomic mass is 10.2. The number of nitrogens with one attached hydrogen (secondary N) is 1. The topological polar surface area (TPSA) is 72.2 Å². The highest BCUT2D eigenvalue weighted by Gasteiger charge is 2.17. The van der Waals surface area contributed by atoms with E-state index in [4.69, 9.17) is 23.2 Å². The monoisotopic (exact) mass is 328 g/mol.